The summed E-state index contributed by atoms with van der Waals surface area (Å²) >= 11 is 1.52. The molecule has 2 rings (SSSR count). The molecule has 7 heteroatoms. The maximum Gasteiger partial charge on any atom is 0.408 e. The standard InChI is InChI=1S/C18H23N3O3S/c1-18(2,3)24-17(23)21-15(13-7-5-4-6-8-13)16(22)19-10-9-14-11-25-12-20-14/h4-8,11-12,15H,9-10H2,1-3H3,(H,19,22)(H,21,23). The first-order chi connectivity index (χ1) is 11.8. The van der Waals surface area contributed by atoms with Crippen LogP contribution < -0.4 is 10.6 Å². The number of aromatic nitrogens is 1. The van der Waals surface area contributed by atoms with E-state index in [0.29, 0.717) is 18.5 Å². The molecule has 2 aromatic rings. The highest BCUT2D eigenvalue weighted by Gasteiger charge is 2.25. The third-order valence-electron chi connectivity index (χ3n) is 3.22. The van der Waals surface area contributed by atoms with Crippen molar-refractivity contribution in [1.29, 1.82) is 0 Å². The summed E-state index contributed by atoms with van der Waals surface area (Å²) in [5, 5.41) is 7.43. The zero-order chi connectivity index (χ0) is 18.3. The fourth-order valence-corrected chi connectivity index (χ4v) is 2.74. The second-order valence-corrected chi connectivity index (χ2v) is 7.23. The molecule has 1 atom stereocenters. The molecule has 0 spiro atoms. The molecular weight excluding hydrogens is 338 g/mol. The molecule has 0 radical (unpaired) electrons. The summed E-state index contributed by atoms with van der Waals surface area (Å²) in [6.07, 6.45) is 0.0134. The van der Waals surface area contributed by atoms with Crippen molar-refractivity contribution in [1.82, 2.24) is 15.6 Å². The highest BCUT2D eigenvalue weighted by molar-refractivity contribution is 7.07. The van der Waals surface area contributed by atoms with Crippen molar-refractivity contribution in [3.63, 3.8) is 0 Å². The maximum atomic E-state index is 12.6. The predicted octanol–water partition coefficient (Wildman–Crippen LogP) is 3.07. The number of amides is 2. The van der Waals surface area contributed by atoms with Gasteiger partial charge < -0.3 is 15.4 Å². The van der Waals surface area contributed by atoms with E-state index in [-0.39, 0.29) is 5.91 Å². The Labute approximate surface area is 151 Å². The molecule has 1 aromatic carbocycles. The molecule has 0 aliphatic carbocycles. The molecule has 0 aliphatic heterocycles. The maximum absolute atomic E-state index is 12.6. The van der Waals surface area contributed by atoms with Crippen molar-refractivity contribution in [3.8, 4) is 0 Å². The van der Waals surface area contributed by atoms with E-state index in [1.165, 1.54) is 11.3 Å². The second kappa shape index (κ2) is 8.62. The van der Waals surface area contributed by atoms with Crippen LogP contribution in [0.25, 0.3) is 0 Å². The first-order valence-corrected chi connectivity index (χ1v) is 8.99. The molecule has 2 N–H and O–H groups in total. The van der Waals surface area contributed by atoms with Crippen LogP contribution in [-0.4, -0.2) is 29.1 Å². The van der Waals surface area contributed by atoms with Gasteiger partial charge in [0, 0.05) is 18.3 Å². The third kappa shape index (κ3) is 6.54. The van der Waals surface area contributed by atoms with E-state index in [2.05, 4.69) is 15.6 Å². The number of thiazole rings is 1. The molecule has 0 aliphatic rings. The fraction of sp³-hybridized carbons (Fsp3) is 0.389. The van der Waals surface area contributed by atoms with Gasteiger partial charge >= 0.3 is 6.09 Å². The van der Waals surface area contributed by atoms with Crippen molar-refractivity contribution in [2.24, 2.45) is 0 Å². The van der Waals surface area contributed by atoms with Crippen LogP contribution in [0.4, 0.5) is 4.79 Å². The Balaban J connectivity index is 2.00. The van der Waals surface area contributed by atoms with Gasteiger partial charge in [-0.25, -0.2) is 9.78 Å². The Bertz CT molecular complexity index is 681. The zero-order valence-corrected chi connectivity index (χ0v) is 15.4. The van der Waals surface area contributed by atoms with Gasteiger partial charge in [-0.05, 0) is 26.3 Å². The van der Waals surface area contributed by atoms with Crippen molar-refractivity contribution < 1.29 is 14.3 Å². The van der Waals surface area contributed by atoms with Crippen LogP contribution in [0.3, 0.4) is 0 Å². The highest BCUT2D eigenvalue weighted by Crippen LogP contribution is 2.15. The number of rotatable bonds is 6. The number of nitrogens with one attached hydrogen (secondary N) is 2. The molecule has 134 valence electrons. The number of carbonyl (C=O) groups is 2. The minimum absolute atomic E-state index is 0.285. The number of nitrogens with zero attached hydrogens (tertiary/aromatic N) is 1. The molecule has 0 saturated carbocycles. The number of hydrogen-bond donors (Lipinski definition) is 2. The summed E-state index contributed by atoms with van der Waals surface area (Å²) in [5.74, 6) is -0.285. The molecule has 1 heterocycles. The smallest absolute Gasteiger partial charge is 0.408 e. The van der Waals surface area contributed by atoms with E-state index in [1.54, 1.807) is 38.4 Å². The van der Waals surface area contributed by atoms with Gasteiger partial charge in [0.15, 0.2) is 0 Å². The highest BCUT2D eigenvalue weighted by atomic mass is 32.1. The van der Waals surface area contributed by atoms with Crippen LogP contribution in [0.5, 0.6) is 0 Å². The van der Waals surface area contributed by atoms with E-state index in [1.807, 2.05) is 23.6 Å². The first kappa shape index (κ1) is 18.9. The van der Waals surface area contributed by atoms with Crippen LogP contribution in [0.1, 0.15) is 38.1 Å². The Hall–Kier alpha value is -2.41. The number of alkyl carbamates (subject to hydrolysis) is 1. The quantitative estimate of drug-likeness (QED) is 0.829. The summed E-state index contributed by atoms with van der Waals surface area (Å²) < 4.78 is 5.26. The Morgan fingerprint density at radius 2 is 1.96 bits per heavy atom. The van der Waals surface area contributed by atoms with E-state index < -0.39 is 17.7 Å². The van der Waals surface area contributed by atoms with Crippen LogP contribution in [0.15, 0.2) is 41.2 Å². The van der Waals surface area contributed by atoms with Crippen LogP contribution in [0, 0.1) is 0 Å². The number of carbonyl (C=O) groups excluding carboxylic acids is 2. The molecule has 0 bridgehead atoms. The summed E-state index contributed by atoms with van der Waals surface area (Å²) in [6.45, 7) is 5.77. The summed E-state index contributed by atoms with van der Waals surface area (Å²) in [5.41, 5.74) is 2.75. The molecule has 2 amide bonds. The fourth-order valence-electron chi connectivity index (χ4n) is 2.15. The Morgan fingerprint density at radius 1 is 1.24 bits per heavy atom. The lowest BCUT2D eigenvalue weighted by Gasteiger charge is -2.23. The molecule has 1 unspecified atom stereocenters. The molecule has 1 aromatic heterocycles. The van der Waals surface area contributed by atoms with Crippen molar-refractivity contribution in [2.75, 3.05) is 6.54 Å². The van der Waals surface area contributed by atoms with Crippen LogP contribution in [-0.2, 0) is 16.0 Å². The monoisotopic (exact) mass is 361 g/mol. The second-order valence-electron chi connectivity index (χ2n) is 6.51. The van der Waals surface area contributed by atoms with E-state index in [0.717, 1.165) is 5.69 Å². The van der Waals surface area contributed by atoms with Gasteiger partial charge in [-0.1, -0.05) is 30.3 Å². The van der Waals surface area contributed by atoms with E-state index in [4.69, 9.17) is 4.74 Å². The average molecular weight is 361 g/mol. The summed E-state index contributed by atoms with van der Waals surface area (Å²) in [4.78, 5) is 28.8. The van der Waals surface area contributed by atoms with Gasteiger partial charge in [-0.3, -0.25) is 4.79 Å². The van der Waals surface area contributed by atoms with Crippen molar-refractivity contribution in [2.45, 2.75) is 38.8 Å². The molecule has 0 saturated heterocycles. The van der Waals surface area contributed by atoms with Crippen molar-refractivity contribution in [3.05, 3.63) is 52.5 Å². The molecule has 6 nitrogen and oxygen atoms in total. The lowest BCUT2D eigenvalue weighted by molar-refractivity contribution is -0.123. The summed E-state index contributed by atoms with van der Waals surface area (Å²) in [6, 6.07) is 8.27. The first-order valence-electron chi connectivity index (χ1n) is 8.04. The minimum Gasteiger partial charge on any atom is -0.444 e. The largest absolute Gasteiger partial charge is 0.444 e. The van der Waals surface area contributed by atoms with E-state index >= 15 is 0 Å². The van der Waals surface area contributed by atoms with Gasteiger partial charge in [-0.2, -0.15) is 0 Å². The van der Waals surface area contributed by atoms with Gasteiger partial charge in [0.1, 0.15) is 11.6 Å². The predicted molar refractivity (Wildman–Crippen MR) is 97.4 cm³/mol. The number of benzene rings is 1. The minimum atomic E-state index is -0.813. The third-order valence-corrected chi connectivity index (χ3v) is 3.86. The molecule has 25 heavy (non-hydrogen) atoms. The topological polar surface area (TPSA) is 80.3 Å². The Morgan fingerprint density at radius 3 is 2.56 bits per heavy atom. The van der Waals surface area contributed by atoms with Gasteiger partial charge in [0.05, 0.1) is 11.2 Å². The SMILES string of the molecule is CC(C)(C)OC(=O)NC(C(=O)NCCc1cscn1)c1ccccc1. The summed E-state index contributed by atoms with van der Waals surface area (Å²) in [7, 11) is 0. The lowest BCUT2D eigenvalue weighted by Crippen LogP contribution is -2.43. The van der Waals surface area contributed by atoms with Gasteiger partial charge in [-0.15, -0.1) is 11.3 Å². The van der Waals surface area contributed by atoms with Crippen LogP contribution in [0.2, 0.25) is 0 Å². The van der Waals surface area contributed by atoms with Crippen LogP contribution >= 0.6 is 11.3 Å². The molecular formula is C18H23N3O3S. The van der Waals surface area contributed by atoms with Gasteiger partial charge in [0.2, 0.25) is 5.91 Å². The van der Waals surface area contributed by atoms with E-state index in [9.17, 15) is 9.59 Å². The normalized spacial score (nSPS) is 12.3. The van der Waals surface area contributed by atoms with Gasteiger partial charge in [0.25, 0.3) is 0 Å². The van der Waals surface area contributed by atoms with Crippen molar-refractivity contribution >= 4 is 23.3 Å². The Kier molecular flexibility index (Phi) is 6.52. The zero-order valence-electron chi connectivity index (χ0n) is 14.6. The number of hydrogen-bond acceptors (Lipinski definition) is 5. The molecule has 0 fully saturated rings. The lowest BCUT2D eigenvalue weighted by atomic mass is 10.1. The number of ether oxygens (including phenoxy) is 1. The average Bonchev–Trinajstić information content (AvgIpc) is 3.05.